The number of hydrogen-bond acceptors (Lipinski definition) is 5. The first-order valence-electron chi connectivity index (χ1n) is 10.6. The van der Waals surface area contributed by atoms with E-state index in [4.69, 9.17) is 9.47 Å². The molecule has 32 heavy (non-hydrogen) atoms. The molecule has 2 aromatic carbocycles. The summed E-state index contributed by atoms with van der Waals surface area (Å²) in [6.45, 7) is 0.652. The zero-order chi connectivity index (χ0) is 22.1. The zero-order valence-corrected chi connectivity index (χ0v) is 17.7. The Bertz CT molecular complexity index is 1130. The third-order valence-electron chi connectivity index (χ3n) is 5.91. The van der Waals surface area contributed by atoms with Crippen LogP contribution in [0.3, 0.4) is 0 Å². The zero-order valence-electron chi connectivity index (χ0n) is 17.7. The van der Waals surface area contributed by atoms with Gasteiger partial charge in [-0.15, -0.1) is 0 Å². The van der Waals surface area contributed by atoms with Crippen LogP contribution in [-0.2, 0) is 11.3 Å². The first-order chi connectivity index (χ1) is 15.6. The van der Waals surface area contributed by atoms with Gasteiger partial charge in [-0.05, 0) is 48.5 Å². The highest BCUT2D eigenvalue weighted by Crippen LogP contribution is 2.37. The molecule has 0 spiro atoms. The van der Waals surface area contributed by atoms with Crippen molar-refractivity contribution in [3.05, 3.63) is 84.2 Å². The molecule has 2 aliphatic heterocycles. The van der Waals surface area contributed by atoms with Gasteiger partial charge in [0.1, 0.15) is 23.6 Å². The number of amides is 2. The Kier molecular flexibility index (Phi) is 5.23. The van der Waals surface area contributed by atoms with E-state index in [-0.39, 0.29) is 17.9 Å². The highest BCUT2D eigenvalue weighted by atomic mass is 16.5. The number of carbonyl (C=O) groups is 2. The Morgan fingerprint density at radius 3 is 2.62 bits per heavy atom. The number of likely N-dealkylation sites (tertiary alicyclic amines) is 1. The van der Waals surface area contributed by atoms with Gasteiger partial charge in [-0.25, -0.2) is 0 Å². The van der Waals surface area contributed by atoms with E-state index < -0.39 is 6.04 Å². The Morgan fingerprint density at radius 1 is 1.09 bits per heavy atom. The standard InChI is InChI=1S/C25H23N3O4/c1-31-19-11-9-17(10-12-19)24(29)28-16-20-14-22(28)25(30)27(15-18-6-4-5-13-26-18)21-7-2-3-8-23(21)32-20/h2-13,20,22H,14-16H2,1H3/t20-,22-/m0/s1. The molecule has 5 rings (SSSR count). The SMILES string of the molecule is COc1ccc(C(=O)N2C[C@@H]3C[C@H]2C(=O)N(Cc2ccccn2)c2ccccc2O3)cc1. The summed E-state index contributed by atoms with van der Waals surface area (Å²) in [4.78, 5) is 34.8. The van der Waals surface area contributed by atoms with Gasteiger partial charge in [0.15, 0.2) is 0 Å². The Balaban J connectivity index is 1.49. The van der Waals surface area contributed by atoms with Crippen molar-refractivity contribution >= 4 is 17.5 Å². The molecule has 162 valence electrons. The summed E-state index contributed by atoms with van der Waals surface area (Å²) in [7, 11) is 1.58. The molecule has 0 unspecified atom stereocenters. The number of hydrogen-bond donors (Lipinski definition) is 0. The molecule has 0 saturated carbocycles. The normalized spacial score (nSPS) is 19.6. The van der Waals surface area contributed by atoms with Crippen LogP contribution in [0.2, 0.25) is 0 Å². The predicted molar refractivity (Wildman–Crippen MR) is 119 cm³/mol. The molecule has 3 heterocycles. The summed E-state index contributed by atoms with van der Waals surface area (Å²) in [5, 5.41) is 0. The van der Waals surface area contributed by atoms with E-state index in [0.29, 0.717) is 42.3 Å². The van der Waals surface area contributed by atoms with Crippen LogP contribution in [0, 0.1) is 0 Å². The molecular weight excluding hydrogens is 406 g/mol. The van der Waals surface area contributed by atoms with Gasteiger partial charge in [-0.3, -0.25) is 14.6 Å². The molecule has 1 saturated heterocycles. The number of aromatic nitrogens is 1. The van der Waals surface area contributed by atoms with Crippen molar-refractivity contribution in [2.45, 2.75) is 25.1 Å². The quantitative estimate of drug-likeness (QED) is 0.636. The molecule has 2 bridgehead atoms. The number of rotatable bonds is 4. The maximum atomic E-state index is 13.8. The minimum absolute atomic E-state index is 0.129. The van der Waals surface area contributed by atoms with Crippen LogP contribution in [0.1, 0.15) is 22.5 Å². The molecule has 0 aliphatic carbocycles. The van der Waals surface area contributed by atoms with Gasteiger partial charge in [0.2, 0.25) is 5.91 Å². The Morgan fingerprint density at radius 2 is 1.88 bits per heavy atom. The van der Waals surface area contributed by atoms with E-state index in [2.05, 4.69) is 4.98 Å². The largest absolute Gasteiger partial charge is 0.497 e. The summed E-state index contributed by atoms with van der Waals surface area (Å²) < 4.78 is 11.5. The second-order valence-corrected chi connectivity index (χ2v) is 7.89. The highest BCUT2D eigenvalue weighted by molar-refractivity contribution is 6.03. The van der Waals surface area contributed by atoms with Crippen molar-refractivity contribution < 1.29 is 19.1 Å². The van der Waals surface area contributed by atoms with Gasteiger partial charge >= 0.3 is 0 Å². The summed E-state index contributed by atoms with van der Waals surface area (Å²) in [5.41, 5.74) is 1.97. The fourth-order valence-corrected chi connectivity index (χ4v) is 4.32. The Labute approximate surface area is 186 Å². The molecule has 0 radical (unpaired) electrons. The fraction of sp³-hybridized carbons (Fsp3) is 0.240. The highest BCUT2D eigenvalue weighted by Gasteiger charge is 2.45. The van der Waals surface area contributed by atoms with Gasteiger partial charge in [-0.2, -0.15) is 0 Å². The van der Waals surface area contributed by atoms with Crippen molar-refractivity contribution in [1.29, 1.82) is 0 Å². The molecule has 2 aliphatic rings. The number of ether oxygens (including phenoxy) is 2. The fourth-order valence-electron chi connectivity index (χ4n) is 4.32. The number of carbonyl (C=O) groups excluding carboxylic acids is 2. The van der Waals surface area contributed by atoms with E-state index in [1.54, 1.807) is 47.4 Å². The third kappa shape index (κ3) is 3.66. The van der Waals surface area contributed by atoms with Crippen molar-refractivity contribution in [1.82, 2.24) is 9.88 Å². The van der Waals surface area contributed by atoms with Gasteiger partial charge in [0.25, 0.3) is 5.91 Å². The van der Waals surface area contributed by atoms with Gasteiger partial charge < -0.3 is 19.3 Å². The maximum Gasteiger partial charge on any atom is 0.254 e. The van der Waals surface area contributed by atoms with E-state index in [9.17, 15) is 9.59 Å². The monoisotopic (exact) mass is 429 g/mol. The topological polar surface area (TPSA) is 72.0 Å². The molecule has 2 atom stereocenters. The summed E-state index contributed by atoms with van der Waals surface area (Å²) in [5.74, 6) is 0.988. The average Bonchev–Trinajstić information content (AvgIpc) is 3.27. The first kappa shape index (κ1) is 20.1. The van der Waals surface area contributed by atoms with E-state index in [1.165, 1.54) is 0 Å². The first-order valence-corrected chi connectivity index (χ1v) is 10.6. The number of benzene rings is 2. The molecule has 7 heteroatoms. The van der Waals surface area contributed by atoms with Crippen molar-refractivity contribution in [3.63, 3.8) is 0 Å². The predicted octanol–water partition coefficient (Wildman–Crippen LogP) is 3.30. The number of pyridine rings is 1. The lowest BCUT2D eigenvalue weighted by atomic mass is 10.1. The van der Waals surface area contributed by atoms with Crippen molar-refractivity contribution in [2.24, 2.45) is 0 Å². The Hall–Kier alpha value is -3.87. The number of methoxy groups -OCH3 is 1. The number of fused-ring (bicyclic) bond motifs is 3. The van der Waals surface area contributed by atoms with Crippen LogP contribution in [0.4, 0.5) is 5.69 Å². The molecule has 1 aromatic heterocycles. The van der Waals surface area contributed by atoms with Gasteiger partial charge in [0.05, 0.1) is 31.6 Å². The molecular formula is C25H23N3O4. The van der Waals surface area contributed by atoms with Gasteiger partial charge in [0, 0.05) is 18.2 Å². The lowest BCUT2D eigenvalue weighted by molar-refractivity contribution is -0.122. The summed E-state index contributed by atoms with van der Waals surface area (Å²) >= 11 is 0. The van der Waals surface area contributed by atoms with E-state index >= 15 is 0 Å². The molecule has 1 fully saturated rings. The van der Waals surface area contributed by atoms with Crippen LogP contribution in [0.5, 0.6) is 11.5 Å². The van der Waals surface area contributed by atoms with Crippen LogP contribution < -0.4 is 14.4 Å². The number of para-hydroxylation sites is 2. The second kappa shape index (κ2) is 8.34. The van der Waals surface area contributed by atoms with E-state index in [1.807, 2.05) is 42.5 Å². The third-order valence-corrected chi connectivity index (χ3v) is 5.91. The lowest BCUT2D eigenvalue weighted by Crippen LogP contribution is -2.48. The second-order valence-electron chi connectivity index (χ2n) is 7.89. The van der Waals surface area contributed by atoms with Gasteiger partial charge in [-0.1, -0.05) is 18.2 Å². The molecule has 7 nitrogen and oxygen atoms in total. The molecule has 2 amide bonds. The molecule has 3 aromatic rings. The smallest absolute Gasteiger partial charge is 0.254 e. The van der Waals surface area contributed by atoms with Crippen LogP contribution in [0.25, 0.3) is 0 Å². The van der Waals surface area contributed by atoms with Crippen LogP contribution in [0.15, 0.2) is 72.9 Å². The molecule has 0 N–H and O–H groups in total. The van der Waals surface area contributed by atoms with Crippen molar-refractivity contribution in [3.8, 4) is 11.5 Å². The van der Waals surface area contributed by atoms with Crippen molar-refractivity contribution in [2.75, 3.05) is 18.6 Å². The van der Waals surface area contributed by atoms with E-state index in [0.717, 1.165) is 5.69 Å². The number of anilines is 1. The van der Waals surface area contributed by atoms with Crippen LogP contribution in [-0.4, -0.2) is 47.5 Å². The minimum Gasteiger partial charge on any atom is -0.497 e. The lowest BCUT2D eigenvalue weighted by Gasteiger charge is -2.31. The van der Waals surface area contributed by atoms with Crippen LogP contribution >= 0.6 is 0 Å². The summed E-state index contributed by atoms with van der Waals surface area (Å²) in [6.07, 6.45) is 1.91. The number of nitrogens with zero attached hydrogens (tertiary/aromatic N) is 3. The minimum atomic E-state index is -0.605. The summed E-state index contributed by atoms with van der Waals surface area (Å²) in [6, 6.07) is 19.4. The maximum absolute atomic E-state index is 13.8. The average molecular weight is 429 g/mol.